The van der Waals surface area contributed by atoms with Gasteiger partial charge >= 0.3 is 0 Å². The standard InChI is InChI=1S/C112H82N4/c1-111(2)97-54-22-17-47-92(97)107-88(50-29-56-99(107)111)85-44-19-24-58-101(85)113(105-61-31-52-90-87-46-21-26-60-103(87)115(109(90)105)79-39-13-7-14-40-79)81-43-27-38-76(69-81)77-64-63-75-37-28-49-83(94(75)70-77)78-65-68-104-96(71-78)91-53-32-62-106(110(91)116(104)80-41-15-8-16-42-80)114(82-66-67-84(73-33-9-5-10-34-73)95(72-82)74-35-11-6-12-36-74)102-59-25-20-45-86(102)89-51-30-57-100-108(89)93-48-18-23-55-98(93)112(100,3)4/h5-31,33-61,63-72H,32,62H2,1-4H3. The maximum absolute atomic E-state index is 2.64. The number of hydrogen-bond donors (Lipinski definition) is 0. The van der Waals surface area contributed by atoms with Crippen LogP contribution in [0.2, 0.25) is 0 Å². The second-order valence-electron chi connectivity index (χ2n) is 32.5. The summed E-state index contributed by atoms with van der Waals surface area (Å²) >= 11 is 0. The van der Waals surface area contributed by atoms with E-state index in [2.05, 4.69) is 447 Å². The third kappa shape index (κ3) is 10.8. The number of aromatic nitrogens is 2. The molecule has 4 nitrogen and oxygen atoms in total. The van der Waals surface area contributed by atoms with Crippen molar-refractivity contribution in [3.8, 4) is 100 Å². The Labute approximate surface area is 677 Å². The van der Waals surface area contributed by atoms with Crippen LogP contribution < -0.4 is 20.4 Å². The van der Waals surface area contributed by atoms with Crippen molar-refractivity contribution in [1.82, 2.24) is 9.13 Å². The first kappa shape index (κ1) is 68.5. The van der Waals surface area contributed by atoms with Gasteiger partial charge in [-0.25, -0.2) is 0 Å². The third-order valence-electron chi connectivity index (χ3n) is 25.4. The molecule has 0 spiro atoms. The van der Waals surface area contributed by atoms with Crippen LogP contribution >= 0.6 is 0 Å². The van der Waals surface area contributed by atoms with Crippen molar-refractivity contribution in [2.75, 3.05) is 9.80 Å². The molecular formula is C112H82N4. The smallest absolute Gasteiger partial charge is 0.0782 e. The summed E-state index contributed by atoms with van der Waals surface area (Å²) in [6.07, 6.45) is 4.17. The molecule has 0 fully saturated rings. The fourth-order valence-electron chi connectivity index (χ4n) is 20.1. The van der Waals surface area contributed by atoms with Gasteiger partial charge in [0.25, 0.3) is 0 Å². The number of benzene rings is 17. The highest BCUT2D eigenvalue weighted by Crippen LogP contribution is 2.57. The summed E-state index contributed by atoms with van der Waals surface area (Å²) in [5.74, 6) is 0. The normalized spacial score (nSPS) is 13.5. The fraction of sp³-hybridized carbons (Fsp3) is 0.0714. The van der Waals surface area contributed by atoms with Gasteiger partial charge in [0.15, 0.2) is 0 Å². The molecule has 0 unspecified atom stereocenters. The van der Waals surface area contributed by atoms with E-state index in [9.17, 15) is 0 Å². The van der Waals surface area contributed by atoms with Gasteiger partial charge in [-0.3, -0.25) is 0 Å². The van der Waals surface area contributed by atoms with Gasteiger partial charge in [-0.05, 0) is 215 Å². The van der Waals surface area contributed by atoms with Crippen LogP contribution in [0.5, 0.6) is 0 Å². The topological polar surface area (TPSA) is 16.3 Å². The van der Waals surface area contributed by atoms with E-state index in [0.29, 0.717) is 0 Å². The molecule has 3 aliphatic carbocycles. The quantitative estimate of drug-likeness (QED) is 0.108. The van der Waals surface area contributed by atoms with Crippen LogP contribution in [-0.2, 0) is 10.8 Å². The highest BCUT2D eigenvalue weighted by molar-refractivity contribution is 6.15. The molecule has 0 amide bonds. The largest absolute Gasteiger partial charge is 0.311 e. The van der Waals surface area contributed by atoms with E-state index in [1.54, 1.807) is 0 Å². The summed E-state index contributed by atoms with van der Waals surface area (Å²) in [7, 11) is 0. The molecule has 3 aliphatic rings. The maximum Gasteiger partial charge on any atom is 0.0782 e. The lowest BCUT2D eigenvalue weighted by molar-refractivity contribution is 0.660. The highest BCUT2D eigenvalue weighted by atomic mass is 15.2. The molecule has 0 radical (unpaired) electrons. The van der Waals surface area contributed by atoms with E-state index in [-0.39, 0.29) is 10.8 Å². The molecule has 0 atom stereocenters. The van der Waals surface area contributed by atoms with Gasteiger partial charge in [0.1, 0.15) is 0 Å². The number of para-hydroxylation sites is 6. The molecule has 19 aromatic rings. The van der Waals surface area contributed by atoms with Crippen LogP contribution in [0, 0.1) is 0 Å². The molecule has 0 saturated heterocycles. The van der Waals surface area contributed by atoms with Gasteiger partial charge in [0.05, 0.1) is 39.0 Å². The average molecular weight is 1480 g/mol. The molecule has 2 heterocycles. The Kier molecular flexibility index (Phi) is 16.1. The SMILES string of the molecule is CC1(C)c2ccccc2-c2c(-c3ccccc3N(C3=c4c(c5cc(-c6cccc7ccc(-c8cccc(N(c9ccccc9-c9cccc%10c9-c9ccccc9C%10(C)C)c9cccc%10c%11ccccc%11n(-c%11ccccc%11)c9%10)c8)cc67)ccc5n4-c4ccccc4)=CCC3)c3ccc(-c4ccccc4)c(-c4ccccc4)c3)cccc21. The molecule has 4 heteroatoms. The molecule has 0 bridgehead atoms. The zero-order valence-corrected chi connectivity index (χ0v) is 65.3. The highest BCUT2D eigenvalue weighted by Gasteiger charge is 2.40. The first-order chi connectivity index (χ1) is 57.1. The van der Waals surface area contributed by atoms with Crippen LogP contribution in [0.1, 0.15) is 62.8 Å². The Bertz CT molecular complexity index is 7320. The van der Waals surface area contributed by atoms with E-state index in [0.717, 1.165) is 91.5 Å². The maximum atomic E-state index is 2.64. The molecule has 0 N–H and O–H groups in total. The molecule has 0 saturated carbocycles. The number of nitrogens with zero attached hydrogens (tertiary/aromatic N) is 4. The molecule has 550 valence electrons. The monoisotopic (exact) mass is 1480 g/mol. The summed E-state index contributed by atoms with van der Waals surface area (Å²) < 4.78 is 5.04. The Morgan fingerprint density at radius 2 is 0.733 bits per heavy atom. The summed E-state index contributed by atoms with van der Waals surface area (Å²) in [5, 5.41) is 8.43. The van der Waals surface area contributed by atoms with Crippen molar-refractivity contribution in [2.24, 2.45) is 0 Å². The van der Waals surface area contributed by atoms with Gasteiger partial charge in [-0.2, -0.15) is 0 Å². The van der Waals surface area contributed by atoms with E-state index >= 15 is 0 Å². The predicted molar refractivity (Wildman–Crippen MR) is 489 cm³/mol. The molecule has 2 aromatic heterocycles. The Morgan fingerprint density at radius 3 is 1.41 bits per heavy atom. The van der Waals surface area contributed by atoms with E-state index in [1.165, 1.54) is 132 Å². The van der Waals surface area contributed by atoms with Crippen molar-refractivity contribution in [3.63, 3.8) is 0 Å². The minimum atomic E-state index is -0.175. The number of fused-ring (bicyclic) bond motifs is 13. The lowest BCUT2D eigenvalue weighted by Crippen LogP contribution is -2.38. The molecule has 116 heavy (non-hydrogen) atoms. The average Bonchev–Trinajstić information content (AvgIpc) is 1.54. The number of rotatable bonds is 14. The lowest BCUT2D eigenvalue weighted by Gasteiger charge is -2.32. The second-order valence-corrected chi connectivity index (χ2v) is 32.5. The molecule has 0 aliphatic heterocycles. The van der Waals surface area contributed by atoms with Crippen molar-refractivity contribution in [1.29, 1.82) is 0 Å². The Morgan fingerprint density at radius 1 is 0.267 bits per heavy atom. The van der Waals surface area contributed by atoms with Crippen LogP contribution in [0.4, 0.5) is 28.4 Å². The van der Waals surface area contributed by atoms with Gasteiger partial charge in [-0.15, -0.1) is 0 Å². The van der Waals surface area contributed by atoms with Gasteiger partial charge in [-0.1, -0.05) is 337 Å². The van der Waals surface area contributed by atoms with Crippen LogP contribution in [-0.4, -0.2) is 9.13 Å². The van der Waals surface area contributed by atoms with Crippen molar-refractivity contribution >= 4 is 83.7 Å². The first-order valence-corrected chi connectivity index (χ1v) is 40.8. The van der Waals surface area contributed by atoms with E-state index in [4.69, 9.17) is 0 Å². The van der Waals surface area contributed by atoms with Crippen LogP contribution in [0.15, 0.2) is 394 Å². The summed E-state index contributed by atoms with van der Waals surface area (Å²) in [6.45, 7) is 9.54. The Hall–Kier alpha value is -14.3. The summed E-state index contributed by atoms with van der Waals surface area (Å²) in [4.78, 5) is 5.19. The van der Waals surface area contributed by atoms with Crippen molar-refractivity contribution in [3.05, 3.63) is 427 Å². The number of anilines is 5. The third-order valence-corrected chi connectivity index (χ3v) is 25.4. The van der Waals surface area contributed by atoms with Gasteiger partial charge in [0.2, 0.25) is 0 Å². The Balaban J connectivity index is 0.735. The van der Waals surface area contributed by atoms with Crippen molar-refractivity contribution in [2.45, 2.75) is 51.4 Å². The molecule has 17 aromatic carbocycles. The molecule has 22 rings (SSSR count). The summed E-state index contributed by atoms with van der Waals surface area (Å²) in [5.41, 5.74) is 36.8. The fourth-order valence-corrected chi connectivity index (χ4v) is 20.1. The van der Waals surface area contributed by atoms with E-state index in [1.807, 2.05) is 0 Å². The molecular weight excluding hydrogens is 1400 g/mol. The second kappa shape index (κ2) is 27.2. The number of hydrogen-bond acceptors (Lipinski definition) is 2. The van der Waals surface area contributed by atoms with Crippen molar-refractivity contribution < 1.29 is 0 Å². The minimum Gasteiger partial charge on any atom is -0.311 e. The van der Waals surface area contributed by atoms with Crippen LogP contribution in [0.25, 0.3) is 156 Å². The van der Waals surface area contributed by atoms with Gasteiger partial charge < -0.3 is 18.9 Å². The predicted octanol–water partition coefficient (Wildman–Crippen LogP) is 28.5. The lowest BCUT2D eigenvalue weighted by atomic mass is 9.82. The van der Waals surface area contributed by atoms with Gasteiger partial charge in [0, 0.05) is 71.8 Å². The zero-order chi connectivity index (χ0) is 77.3. The zero-order valence-electron chi connectivity index (χ0n) is 65.3. The van der Waals surface area contributed by atoms with E-state index < -0.39 is 0 Å². The first-order valence-electron chi connectivity index (χ1n) is 40.8. The minimum absolute atomic E-state index is 0.172. The van der Waals surface area contributed by atoms with Crippen LogP contribution in [0.3, 0.4) is 0 Å². The summed E-state index contributed by atoms with van der Waals surface area (Å²) in [6, 6.07) is 148.